The Kier molecular flexibility index (Phi) is 8.28. The molecule has 0 aromatic rings. The van der Waals surface area contributed by atoms with Crippen LogP contribution in [0.2, 0.25) is 0 Å². The van der Waals surface area contributed by atoms with Crippen molar-refractivity contribution >= 4 is 11.8 Å². The molecule has 2 fully saturated rings. The Labute approximate surface area is 166 Å². The van der Waals surface area contributed by atoms with E-state index in [0.29, 0.717) is 0 Å². The number of ether oxygens (including phenoxy) is 3. The van der Waals surface area contributed by atoms with Crippen LogP contribution in [-0.2, 0) is 23.8 Å². The fraction of sp³-hybridized carbons (Fsp3) is 0.875. The molecule has 2 amide bonds. The smallest absolute Gasteiger partial charge is 0.217 e. The molecule has 0 aliphatic carbocycles. The van der Waals surface area contributed by atoms with Gasteiger partial charge in [0.2, 0.25) is 11.8 Å². The third kappa shape index (κ3) is 5.59. The molecule has 2 rings (SSSR count). The molecule has 0 saturated carbocycles. The van der Waals surface area contributed by atoms with Gasteiger partial charge < -0.3 is 55.5 Å². The van der Waals surface area contributed by atoms with Crippen LogP contribution in [0.3, 0.4) is 0 Å². The molecule has 0 spiro atoms. The van der Waals surface area contributed by atoms with Crippen molar-refractivity contribution in [3.05, 3.63) is 0 Å². The first-order valence-electron chi connectivity index (χ1n) is 9.04. The van der Waals surface area contributed by atoms with Gasteiger partial charge in [0.25, 0.3) is 0 Å². The summed E-state index contributed by atoms with van der Waals surface area (Å²) in [7, 11) is 0. The Morgan fingerprint density at radius 2 is 1.34 bits per heavy atom. The molecule has 2 aliphatic rings. The Morgan fingerprint density at radius 1 is 0.828 bits per heavy atom. The number of nitrogens with one attached hydrogen (secondary N) is 2. The van der Waals surface area contributed by atoms with Gasteiger partial charge in [-0.2, -0.15) is 0 Å². The third-order valence-corrected chi connectivity index (χ3v) is 4.77. The summed E-state index contributed by atoms with van der Waals surface area (Å²) >= 11 is 0. The van der Waals surface area contributed by atoms with Crippen LogP contribution in [0.5, 0.6) is 0 Å². The lowest BCUT2D eigenvalue weighted by molar-refractivity contribution is -0.297. The zero-order valence-corrected chi connectivity index (χ0v) is 15.9. The zero-order chi connectivity index (χ0) is 21.9. The maximum absolute atomic E-state index is 11.4. The minimum absolute atomic E-state index is 0.455. The average Bonchev–Trinajstić information content (AvgIpc) is 2.65. The predicted molar refractivity (Wildman–Crippen MR) is 91.8 cm³/mol. The first-order chi connectivity index (χ1) is 13.6. The van der Waals surface area contributed by atoms with Crippen molar-refractivity contribution in [1.29, 1.82) is 0 Å². The zero-order valence-electron chi connectivity index (χ0n) is 15.9. The van der Waals surface area contributed by atoms with Crippen molar-refractivity contribution in [3.8, 4) is 0 Å². The molecule has 0 unspecified atom stereocenters. The van der Waals surface area contributed by atoms with E-state index >= 15 is 0 Å². The van der Waals surface area contributed by atoms with Gasteiger partial charge >= 0.3 is 0 Å². The molecule has 2 heterocycles. The summed E-state index contributed by atoms with van der Waals surface area (Å²) in [6.45, 7) is 1.26. The lowest BCUT2D eigenvalue weighted by Crippen LogP contribution is -2.66. The number of carbonyl (C=O) groups excluding carboxylic acids is 2. The SMILES string of the molecule is CC(=O)N[C@@H]1[C@H](OC[C@H]2O[C@H](O)[C@@H](NC(C)=O)[C@@H](O)[C@H]2O)O[C@H](CO)[C@@H](O)[C@@H]1O. The largest absolute Gasteiger partial charge is 0.394 e. The predicted octanol–water partition coefficient (Wildman–Crippen LogP) is -5.11. The van der Waals surface area contributed by atoms with Gasteiger partial charge in [-0.25, -0.2) is 0 Å². The molecule has 29 heavy (non-hydrogen) atoms. The molecule has 0 bridgehead atoms. The fourth-order valence-corrected chi connectivity index (χ4v) is 3.28. The summed E-state index contributed by atoms with van der Waals surface area (Å²) in [4.78, 5) is 22.6. The monoisotopic (exact) mass is 424 g/mol. The number of aliphatic hydroxyl groups excluding tert-OH is 6. The number of rotatable bonds is 6. The molecule has 168 valence electrons. The minimum Gasteiger partial charge on any atom is -0.394 e. The van der Waals surface area contributed by atoms with E-state index in [0.717, 1.165) is 0 Å². The van der Waals surface area contributed by atoms with Gasteiger partial charge in [0.15, 0.2) is 12.6 Å². The molecular weight excluding hydrogens is 396 g/mol. The van der Waals surface area contributed by atoms with E-state index in [1.807, 2.05) is 0 Å². The van der Waals surface area contributed by atoms with Crippen molar-refractivity contribution in [1.82, 2.24) is 10.6 Å². The second-order valence-corrected chi connectivity index (χ2v) is 7.04. The molecule has 13 heteroatoms. The van der Waals surface area contributed by atoms with Crippen molar-refractivity contribution in [2.45, 2.75) is 75.1 Å². The topological polar surface area (TPSA) is 207 Å². The maximum atomic E-state index is 11.4. The molecule has 0 aromatic carbocycles. The normalized spacial score (nSPS) is 42.9. The van der Waals surface area contributed by atoms with Crippen molar-refractivity contribution in [2.75, 3.05) is 13.2 Å². The first-order valence-corrected chi connectivity index (χ1v) is 9.04. The summed E-state index contributed by atoms with van der Waals surface area (Å²) in [5.74, 6) is -1.09. The molecule has 10 atom stereocenters. The van der Waals surface area contributed by atoms with Crippen LogP contribution in [0.4, 0.5) is 0 Å². The van der Waals surface area contributed by atoms with E-state index < -0.39 is 86.3 Å². The second kappa shape index (κ2) is 10.1. The fourth-order valence-electron chi connectivity index (χ4n) is 3.28. The van der Waals surface area contributed by atoms with E-state index in [1.54, 1.807) is 0 Å². The second-order valence-electron chi connectivity index (χ2n) is 7.04. The number of hydrogen-bond donors (Lipinski definition) is 8. The molecule has 13 nitrogen and oxygen atoms in total. The summed E-state index contributed by atoms with van der Waals surface area (Å²) in [6.07, 6.45) is -11.5. The van der Waals surface area contributed by atoms with Crippen molar-refractivity contribution in [3.63, 3.8) is 0 Å². The Balaban J connectivity index is 2.05. The van der Waals surface area contributed by atoms with Gasteiger partial charge in [-0.05, 0) is 0 Å². The van der Waals surface area contributed by atoms with Gasteiger partial charge in [0.1, 0.15) is 48.7 Å². The first kappa shape index (κ1) is 23.9. The number of amides is 2. The lowest BCUT2D eigenvalue weighted by atomic mass is 9.96. The maximum Gasteiger partial charge on any atom is 0.217 e. The highest BCUT2D eigenvalue weighted by Crippen LogP contribution is 2.25. The third-order valence-electron chi connectivity index (χ3n) is 4.77. The van der Waals surface area contributed by atoms with Gasteiger partial charge in [0.05, 0.1) is 13.2 Å². The van der Waals surface area contributed by atoms with Gasteiger partial charge in [-0.3, -0.25) is 9.59 Å². The molecule has 2 aliphatic heterocycles. The highest BCUT2D eigenvalue weighted by molar-refractivity contribution is 5.73. The van der Waals surface area contributed by atoms with Crippen LogP contribution in [0.25, 0.3) is 0 Å². The van der Waals surface area contributed by atoms with Crippen molar-refractivity contribution < 1.29 is 54.4 Å². The number of hydrogen-bond acceptors (Lipinski definition) is 11. The molecular formula is C16H28N2O11. The Bertz CT molecular complexity index is 579. The van der Waals surface area contributed by atoms with E-state index in [-0.39, 0.29) is 0 Å². The minimum atomic E-state index is -1.64. The molecule has 2 saturated heterocycles. The van der Waals surface area contributed by atoms with Crippen LogP contribution >= 0.6 is 0 Å². The van der Waals surface area contributed by atoms with E-state index in [1.165, 1.54) is 13.8 Å². The van der Waals surface area contributed by atoms with E-state index in [2.05, 4.69) is 10.6 Å². The van der Waals surface area contributed by atoms with Crippen molar-refractivity contribution in [2.24, 2.45) is 0 Å². The number of carbonyl (C=O) groups is 2. The summed E-state index contributed by atoms with van der Waals surface area (Å²) in [5.41, 5.74) is 0. The van der Waals surface area contributed by atoms with Crippen LogP contribution in [-0.4, -0.2) is 117 Å². The molecule has 8 N–H and O–H groups in total. The average molecular weight is 424 g/mol. The van der Waals surface area contributed by atoms with Gasteiger partial charge in [-0.1, -0.05) is 0 Å². The highest BCUT2D eigenvalue weighted by Gasteiger charge is 2.48. The summed E-state index contributed by atoms with van der Waals surface area (Å²) in [5, 5.41) is 64.4. The quantitative estimate of drug-likeness (QED) is 0.202. The van der Waals surface area contributed by atoms with Crippen LogP contribution in [0.15, 0.2) is 0 Å². The summed E-state index contributed by atoms with van der Waals surface area (Å²) < 4.78 is 16.0. The van der Waals surface area contributed by atoms with E-state index in [4.69, 9.17) is 14.2 Å². The highest BCUT2D eigenvalue weighted by atomic mass is 16.7. The Hall–Kier alpha value is -1.42. The van der Waals surface area contributed by atoms with Crippen LogP contribution in [0.1, 0.15) is 13.8 Å². The summed E-state index contributed by atoms with van der Waals surface area (Å²) in [6, 6.07) is -2.46. The molecule has 0 aromatic heterocycles. The molecule has 0 radical (unpaired) electrons. The van der Waals surface area contributed by atoms with Gasteiger partial charge in [-0.15, -0.1) is 0 Å². The van der Waals surface area contributed by atoms with Crippen LogP contribution in [0, 0.1) is 0 Å². The Morgan fingerprint density at radius 3 is 1.90 bits per heavy atom. The van der Waals surface area contributed by atoms with Crippen LogP contribution < -0.4 is 10.6 Å². The van der Waals surface area contributed by atoms with Gasteiger partial charge in [0, 0.05) is 13.8 Å². The number of aliphatic hydroxyl groups is 6. The van der Waals surface area contributed by atoms with E-state index in [9.17, 15) is 40.2 Å². The standard InChI is InChI=1S/C16H28N2O11/c1-5(20)17-9-13(24)12(23)8(28-15(9)26)4-27-16-10(18-6(2)21)14(25)11(22)7(3-19)29-16/h7-16,19,22-26H,3-4H2,1-2H3,(H,17,20)(H,18,21)/t7-,8-,9+,10+,11-,12+,13-,14-,15+,16-/m1/s1. The lowest BCUT2D eigenvalue weighted by Gasteiger charge is -2.44.